The second-order valence-electron chi connectivity index (χ2n) is 9.12. The van der Waals surface area contributed by atoms with Crippen molar-refractivity contribution in [1.82, 2.24) is 4.90 Å². The Morgan fingerprint density at radius 3 is 2.39 bits per heavy atom. The number of thioether (sulfide) groups is 1. The molecule has 0 radical (unpaired) electrons. The quantitative estimate of drug-likeness (QED) is 0.489. The highest BCUT2D eigenvalue weighted by Crippen LogP contribution is 2.61. The first kappa shape index (κ1) is 18.7. The topological polar surface area (TPSA) is 29.5 Å². The molecule has 5 aliphatic rings. The minimum absolute atomic E-state index is 0.0161. The van der Waals surface area contributed by atoms with Crippen molar-refractivity contribution in [3.05, 3.63) is 34.2 Å². The Hall–Kier alpha value is -1.33. The highest BCUT2D eigenvalue weighted by Gasteiger charge is 2.51. The fourth-order valence-corrected chi connectivity index (χ4v) is 7.60. The van der Waals surface area contributed by atoms with Gasteiger partial charge in [0.25, 0.3) is 5.91 Å². The van der Waals surface area contributed by atoms with Gasteiger partial charge in [0, 0.05) is 12.6 Å². The zero-order valence-electron chi connectivity index (χ0n) is 16.6. The van der Waals surface area contributed by atoms with Crippen molar-refractivity contribution in [3.63, 3.8) is 0 Å². The Bertz CT molecular complexity index is 840. The van der Waals surface area contributed by atoms with Crippen LogP contribution in [0.25, 0.3) is 6.08 Å². The Morgan fingerprint density at radius 2 is 1.86 bits per heavy atom. The number of thiocarbonyl (C=S) groups is 1. The summed E-state index contributed by atoms with van der Waals surface area (Å²) in [4.78, 5) is 14.7. The minimum Gasteiger partial charge on any atom is -0.493 e. The summed E-state index contributed by atoms with van der Waals surface area (Å²) in [5.41, 5.74) is 2.81. The summed E-state index contributed by atoms with van der Waals surface area (Å²) < 4.78 is 6.52. The van der Waals surface area contributed by atoms with E-state index in [2.05, 4.69) is 18.2 Å². The highest BCUT2D eigenvalue weighted by atomic mass is 32.2. The molecule has 28 heavy (non-hydrogen) atoms. The third kappa shape index (κ3) is 3.02. The standard InChI is InChI=1S/C23H27NO2S2/c1-3-26-19-5-4-18(9-17(19)10-20-21(25)24(2)22(27)28-20)23-11-14-6-15(12-23)8-16(7-14)13-23/h4-5,9-10,14-16H,3,6-8,11-13H2,1-2H3/b20-10-. The van der Waals surface area contributed by atoms with Crippen molar-refractivity contribution < 1.29 is 9.53 Å². The molecule has 1 amide bonds. The third-order valence-corrected chi connectivity index (χ3v) is 8.72. The molecule has 0 unspecified atom stereocenters. The fourth-order valence-electron chi connectivity index (χ4n) is 6.43. The van der Waals surface area contributed by atoms with Crippen molar-refractivity contribution in [1.29, 1.82) is 0 Å². The Morgan fingerprint density at radius 1 is 1.21 bits per heavy atom. The van der Waals surface area contributed by atoms with E-state index in [1.807, 2.05) is 13.0 Å². The minimum atomic E-state index is -0.0161. The number of ether oxygens (including phenoxy) is 1. The van der Waals surface area contributed by atoms with E-state index in [1.54, 1.807) is 11.9 Å². The van der Waals surface area contributed by atoms with Gasteiger partial charge in [-0.3, -0.25) is 9.69 Å². The van der Waals surface area contributed by atoms with E-state index >= 15 is 0 Å². The van der Waals surface area contributed by atoms with Crippen molar-refractivity contribution in [2.24, 2.45) is 17.8 Å². The summed E-state index contributed by atoms with van der Waals surface area (Å²) in [5.74, 6) is 3.59. The summed E-state index contributed by atoms with van der Waals surface area (Å²) in [7, 11) is 1.74. The maximum atomic E-state index is 12.5. The van der Waals surface area contributed by atoms with Gasteiger partial charge in [-0.25, -0.2) is 0 Å². The van der Waals surface area contributed by atoms with Crippen LogP contribution in [0.1, 0.15) is 56.6 Å². The number of nitrogens with zero attached hydrogens (tertiary/aromatic N) is 1. The second-order valence-corrected chi connectivity index (χ2v) is 10.8. The summed E-state index contributed by atoms with van der Waals surface area (Å²) in [5, 5.41) is 0. The van der Waals surface area contributed by atoms with Gasteiger partial charge in [0.05, 0.1) is 11.5 Å². The maximum Gasteiger partial charge on any atom is 0.265 e. The van der Waals surface area contributed by atoms with Crippen LogP contribution in [0.15, 0.2) is 23.1 Å². The number of amides is 1. The average molecular weight is 414 g/mol. The van der Waals surface area contributed by atoms with Crippen molar-refractivity contribution in [3.8, 4) is 5.75 Å². The van der Waals surface area contributed by atoms with Crippen LogP contribution in [0.2, 0.25) is 0 Å². The first-order valence-electron chi connectivity index (χ1n) is 10.5. The van der Waals surface area contributed by atoms with E-state index in [1.165, 1.54) is 55.9 Å². The molecule has 0 N–H and O–H groups in total. The number of hydrogen-bond donors (Lipinski definition) is 0. The Balaban J connectivity index is 1.54. The van der Waals surface area contributed by atoms with Crippen LogP contribution in [0.3, 0.4) is 0 Å². The lowest BCUT2D eigenvalue weighted by molar-refractivity contribution is -0.121. The summed E-state index contributed by atoms with van der Waals surface area (Å²) in [6.45, 7) is 2.62. The molecule has 5 heteroatoms. The highest BCUT2D eigenvalue weighted by molar-refractivity contribution is 8.26. The lowest BCUT2D eigenvalue weighted by Gasteiger charge is -2.57. The third-order valence-electron chi connectivity index (χ3n) is 7.23. The van der Waals surface area contributed by atoms with Gasteiger partial charge in [-0.15, -0.1) is 0 Å². The number of carbonyl (C=O) groups is 1. The number of benzene rings is 1. The molecule has 4 bridgehead atoms. The van der Waals surface area contributed by atoms with Gasteiger partial charge in [0.15, 0.2) is 0 Å². The van der Waals surface area contributed by atoms with Crippen LogP contribution in [-0.4, -0.2) is 28.8 Å². The monoisotopic (exact) mass is 413 g/mol. The van der Waals surface area contributed by atoms with Crippen LogP contribution >= 0.6 is 24.0 Å². The molecule has 148 valence electrons. The molecule has 6 rings (SSSR count). The molecule has 1 aromatic carbocycles. The van der Waals surface area contributed by atoms with Gasteiger partial charge >= 0.3 is 0 Å². The Labute approximate surface area is 176 Å². The number of hydrogen-bond acceptors (Lipinski definition) is 4. The van der Waals surface area contributed by atoms with Crippen LogP contribution in [0.5, 0.6) is 5.75 Å². The van der Waals surface area contributed by atoms with E-state index in [0.717, 1.165) is 29.1 Å². The molecule has 1 heterocycles. The molecular formula is C23H27NO2S2. The van der Waals surface area contributed by atoms with Crippen LogP contribution < -0.4 is 4.74 Å². The van der Waals surface area contributed by atoms with Gasteiger partial charge < -0.3 is 4.74 Å². The van der Waals surface area contributed by atoms with Crippen molar-refractivity contribution in [2.45, 2.75) is 50.9 Å². The molecule has 0 spiro atoms. The fraction of sp³-hybridized carbons (Fsp3) is 0.565. The first-order chi connectivity index (χ1) is 13.5. The number of likely N-dealkylation sites (N-methyl/N-ethyl adjacent to an activating group) is 1. The first-order valence-corrected chi connectivity index (χ1v) is 11.7. The van der Waals surface area contributed by atoms with Gasteiger partial charge in [-0.1, -0.05) is 30.0 Å². The van der Waals surface area contributed by atoms with Crippen LogP contribution in [0, 0.1) is 17.8 Å². The van der Waals surface area contributed by atoms with E-state index < -0.39 is 0 Å². The average Bonchev–Trinajstić information content (AvgIpc) is 2.89. The molecule has 1 aromatic rings. The Kier molecular flexibility index (Phi) is 4.59. The zero-order chi connectivity index (χ0) is 19.5. The predicted molar refractivity (Wildman–Crippen MR) is 118 cm³/mol. The SMILES string of the molecule is CCOc1ccc(C23CC4CC(CC(C4)C2)C3)cc1/C=C1\SC(=S)N(C)C1=O. The lowest BCUT2D eigenvalue weighted by atomic mass is 9.48. The molecule has 5 fully saturated rings. The largest absolute Gasteiger partial charge is 0.493 e. The van der Waals surface area contributed by atoms with Crippen molar-refractivity contribution >= 4 is 40.3 Å². The van der Waals surface area contributed by atoms with Crippen LogP contribution in [-0.2, 0) is 10.2 Å². The smallest absolute Gasteiger partial charge is 0.265 e. The summed E-state index contributed by atoms with van der Waals surface area (Å²) >= 11 is 6.68. The molecular weight excluding hydrogens is 386 g/mol. The molecule has 4 saturated carbocycles. The second kappa shape index (κ2) is 6.88. The van der Waals surface area contributed by atoms with E-state index in [4.69, 9.17) is 17.0 Å². The molecule has 1 saturated heterocycles. The van der Waals surface area contributed by atoms with E-state index in [-0.39, 0.29) is 5.91 Å². The van der Waals surface area contributed by atoms with Gasteiger partial charge in [0.2, 0.25) is 0 Å². The molecule has 4 aliphatic carbocycles. The zero-order valence-corrected chi connectivity index (χ0v) is 18.2. The predicted octanol–water partition coefficient (Wildman–Crippen LogP) is 5.38. The molecule has 1 aliphatic heterocycles. The molecule has 3 nitrogen and oxygen atoms in total. The van der Waals surface area contributed by atoms with Crippen LogP contribution in [0.4, 0.5) is 0 Å². The van der Waals surface area contributed by atoms with Gasteiger partial charge in [0.1, 0.15) is 10.1 Å². The lowest BCUT2D eigenvalue weighted by Crippen LogP contribution is -2.48. The molecule has 0 aromatic heterocycles. The maximum absolute atomic E-state index is 12.5. The molecule has 0 atom stereocenters. The number of carbonyl (C=O) groups excluding carboxylic acids is 1. The van der Waals surface area contributed by atoms with Crippen molar-refractivity contribution in [2.75, 3.05) is 13.7 Å². The van der Waals surface area contributed by atoms with E-state index in [9.17, 15) is 4.79 Å². The summed E-state index contributed by atoms with van der Waals surface area (Å²) in [6, 6.07) is 6.72. The van der Waals surface area contributed by atoms with Gasteiger partial charge in [-0.05, 0) is 92.4 Å². The van der Waals surface area contributed by atoms with E-state index in [0.29, 0.717) is 21.2 Å². The normalized spacial score (nSPS) is 35.3. The summed E-state index contributed by atoms with van der Waals surface area (Å²) in [6.07, 6.45) is 10.3. The van der Waals surface area contributed by atoms with Gasteiger partial charge in [-0.2, -0.15) is 0 Å². The number of rotatable bonds is 4.